The minimum absolute atomic E-state index is 0.402. The van der Waals surface area contributed by atoms with Gasteiger partial charge >= 0.3 is 0 Å². The summed E-state index contributed by atoms with van der Waals surface area (Å²) in [4.78, 5) is 10.7. The number of carbonyl (C=O) groups is 1. The van der Waals surface area contributed by atoms with E-state index in [2.05, 4.69) is 4.72 Å². The SMILES string of the molecule is COc1ccc(NS(=O)(=O)CC(C)=O)cc1. The second-order valence-electron chi connectivity index (χ2n) is 3.29. The minimum atomic E-state index is -3.59. The maximum atomic E-state index is 11.4. The second kappa shape index (κ2) is 4.98. The van der Waals surface area contributed by atoms with Crippen LogP contribution in [-0.2, 0) is 14.8 Å². The van der Waals surface area contributed by atoms with E-state index in [9.17, 15) is 13.2 Å². The van der Waals surface area contributed by atoms with Gasteiger partial charge in [0.2, 0.25) is 10.0 Å². The number of ketones is 1. The molecule has 0 amide bonds. The van der Waals surface area contributed by atoms with Crippen LogP contribution < -0.4 is 9.46 Å². The van der Waals surface area contributed by atoms with Crippen LogP contribution in [0.25, 0.3) is 0 Å². The van der Waals surface area contributed by atoms with Gasteiger partial charge in [-0.1, -0.05) is 0 Å². The number of rotatable bonds is 5. The van der Waals surface area contributed by atoms with Crippen molar-refractivity contribution in [1.29, 1.82) is 0 Å². The van der Waals surface area contributed by atoms with Crippen molar-refractivity contribution in [3.63, 3.8) is 0 Å². The molecule has 0 atom stereocenters. The van der Waals surface area contributed by atoms with E-state index >= 15 is 0 Å². The molecule has 0 radical (unpaired) electrons. The largest absolute Gasteiger partial charge is 0.497 e. The van der Waals surface area contributed by atoms with Crippen molar-refractivity contribution in [2.24, 2.45) is 0 Å². The molecule has 5 nitrogen and oxygen atoms in total. The summed E-state index contributed by atoms with van der Waals surface area (Å²) in [5, 5.41) is 0. The third-order valence-corrected chi connectivity index (χ3v) is 3.09. The number of methoxy groups -OCH3 is 1. The minimum Gasteiger partial charge on any atom is -0.497 e. The summed E-state index contributed by atoms with van der Waals surface area (Å²) in [5.41, 5.74) is 0.405. The fraction of sp³-hybridized carbons (Fsp3) is 0.300. The molecule has 0 aliphatic heterocycles. The summed E-state index contributed by atoms with van der Waals surface area (Å²) < 4.78 is 30.0. The van der Waals surface area contributed by atoms with Crippen LogP contribution in [0.3, 0.4) is 0 Å². The molecule has 0 saturated carbocycles. The normalized spacial score (nSPS) is 10.9. The topological polar surface area (TPSA) is 72.5 Å². The third-order valence-electron chi connectivity index (χ3n) is 1.76. The van der Waals surface area contributed by atoms with E-state index < -0.39 is 21.6 Å². The van der Waals surface area contributed by atoms with Crippen LogP contribution in [0, 0.1) is 0 Å². The number of anilines is 1. The Morgan fingerprint density at radius 1 is 1.31 bits per heavy atom. The van der Waals surface area contributed by atoms with Gasteiger partial charge in [-0.05, 0) is 31.2 Å². The molecule has 0 spiro atoms. The van der Waals surface area contributed by atoms with Gasteiger partial charge in [0.15, 0.2) is 0 Å². The van der Waals surface area contributed by atoms with E-state index in [0.29, 0.717) is 11.4 Å². The molecule has 88 valence electrons. The van der Waals surface area contributed by atoms with Crippen LogP contribution in [0.5, 0.6) is 5.75 Å². The molecule has 0 unspecified atom stereocenters. The first-order chi connectivity index (χ1) is 7.43. The third kappa shape index (κ3) is 3.90. The van der Waals surface area contributed by atoms with Crippen LogP contribution in [0.2, 0.25) is 0 Å². The zero-order valence-electron chi connectivity index (χ0n) is 9.06. The number of carbonyl (C=O) groups excluding carboxylic acids is 1. The lowest BCUT2D eigenvalue weighted by Gasteiger charge is -2.07. The van der Waals surface area contributed by atoms with Crippen LogP contribution in [-0.4, -0.2) is 27.1 Å². The highest BCUT2D eigenvalue weighted by atomic mass is 32.2. The standard InChI is InChI=1S/C10H13NO4S/c1-8(12)7-16(13,14)11-9-3-5-10(15-2)6-4-9/h3-6,11H,7H2,1-2H3. The van der Waals surface area contributed by atoms with E-state index in [1.54, 1.807) is 24.3 Å². The average Bonchev–Trinajstić information content (AvgIpc) is 2.16. The summed E-state index contributed by atoms with van der Waals surface area (Å²) in [6, 6.07) is 6.39. The van der Waals surface area contributed by atoms with E-state index in [1.165, 1.54) is 14.0 Å². The summed E-state index contributed by atoms with van der Waals surface area (Å²) in [6.07, 6.45) is 0. The quantitative estimate of drug-likeness (QED) is 0.838. The maximum absolute atomic E-state index is 11.4. The van der Waals surface area contributed by atoms with Gasteiger partial charge in [-0.2, -0.15) is 0 Å². The Labute approximate surface area is 94.5 Å². The van der Waals surface area contributed by atoms with Crippen molar-refractivity contribution >= 4 is 21.5 Å². The van der Waals surface area contributed by atoms with Crippen molar-refractivity contribution in [1.82, 2.24) is 0 Å². The molecule has 0 aliphatic rings. The van der Waals surface area contributed by atoms with Crippen LogP contribution in [0.15, 0.2) is 24.3 Å². The van der Waals surface area contributed by atoms with E-state index in [0.717, 1.165) is 0 Å². The van der Waals surface area contributed by atoms with Gasteiger partial charge in [-0.15, -0.1) is 0 Å². The molecular formula is C10H13NO4S. The first kappa shape index (κ1) is 12.5. The lowest BCUT2D eigenvalue weighted by molar-refractivity contribution is -0.114. The number of Topliss-reactive ketones (excluding diaryl/α,β-unsaturated/α-hetero) is 1. The maximum Gasteiger partial charge on any atom is 0.239 e. The highest BCUT2D eigenvalue weighted by Gasteiger charge is 2.12. The van der Waals surface area contributed by atoms with Gasteiger partial charge in [-0.25, -0.2) is 8.42 Å². The lowest BCUT2D eigenvalue weighted by atomic mass is 10.3. The Hall–Kier alpha value is -1.56. The number of nitrogens with one attached hydrogen (secondary N) is 1. The fourth-order valence-electron chi connectivity index (χ4n) is 1.14. The average molecular weight is 243 g/mol. The zero-order valence-corrected chi connectivity index (χ0v) is 9.87. The Morgan fingerprint density at radius 2 is 1.88 bits per heavy atom. The Balaban J connectivity index is 2.76. The van der Waals surface area contributed by atoms with Gasteiger partial charge in [0.05, 0.1) is 7.11 Å². The number of hydrogen-bond donors (Lipinski definition) is 1. The van der Waals surface area contributed by atoms with E-state index in [4.69, 9.17) is 4.74 Å². The molecular weight excluding hydrogens is 230 g/mol. The predicted molar refractivity (Wildman–Crippen MR) is 61.1 cm³/mol. The number of ether oxygens (including phenoxy) is 1. The highest BCUT2D eigenvalue weighted by Crippen LogP contribution is 2.16. The lowest BCUT2D eigenvalue weighted by Crippen LogP contribution is -2.21. The van der Waals surface area contributed by atoms with Gasteiger partial charge < -0.3 is 4.74 Å². The first-order valence-electron chi connectivity index (χ1n) is 4.57. The summed E-state index contributed by atoms with van der Waals surface area (Å²) in [5.74, 6) is -0.283. The molecule has 6 heteroatoms. The molecule has 0 fully saturated rings. The summed E-state index contributed by atoms with van der Waals surface area (Å²) in [7, 11) is -2.07. The van der Waals surface area contributed by atoms with Crippen molar-refractivity contribution in [3.05, 3.63) is 24.3 Å². The molecule has 16 heavy (non-hydrogen) atoms. The van der Waals surface area contributed by atoms with Crippen LogP contribution in [0.4, 0.5) is 5.69 Å². The van der Waals surface area contributed by atoms with Gasteiger partial charge in [0.25, 0.3) is 0 Å². The van der Waals surface area contributed by atoms with Crippen LogP contribution >= 0.6 is 0 Å². The Morgan fingerprint density at radius 3 is 2.31 bits per heavy atom. The van der Waals surface area contributed by atoms with E-state index in [-0.39, 0.29) is 0 Å². The smallest absolute Gasteiger partial charge is 0.239 e. The first-order valence-corrected chi connectivity index (χ1v) is 6.22. The second-order valence-corrected chi connectivity index (χ2v) is 5.01. The molecule has 0 aliphatic carbocycles. The van der Waals surface area contributed by atoms with Crippen molar-refractivity contribution < 1.29 is 17.9 Å². The van der Waals surface area contributed by atoms with Crippen molar-refractivity contribution in [2.75, 3.05) is 17.6 Å². The Kier molecular flexibility index (Phi) is 3.89. The molecule has 0 heterocycles. The number of benzene rings is 1. The number of sulfonamides is 1. The van der Waals surface area contributed by atoms with Crippen molar-refractivity contribution in [3.8, 4) is 5.75 Å². The number of hydrogen-bond acceptors (Lipinski definition) is 4. The van der Waals surface area contributed by atoms with Gasteiger partial charge in [0.1, 0.15) is 17.3 Å². The fourth-order valence-corrected chi connectivity index (χ4v) is 2.24. The Bertz CT molecular complexity index is 464. The monoisotopic (exact) mass is 243 g/mol. The molecule has 1 rings (SSSR count). The summed E-state index contributed by atoms with van der Waals surface area (Å²) >= 11 is 0. The molecule has 1 N–H and O–H groups in total. The molecule has 0 bridgehead atoms. The molecule has 1 aromatic carbocycles. The van der Waals surface area contributed by atoms with Gasteiger partial charge in [0, 0.05) is 5.69 Å². The van der Waals surface area contributed by atoms with Gasteiger partial charge in [-0.3, -0.25) is 9.52 Å². The summed E-state index contributed by atoms with van der Waals surface area (Å²) in [6.45, 7) is 1.23. The molecule has 0 aromatic heterocycles. The molecule has 1 aromatic rings. The van der Waals surface area contributed by atoms with E-state index in [1.807, 2.05) is 0 Å². The molecule has 0 saturated heterocycles. The van der Waals surface area contributed by atoms with Crippen LogP contribution in [0.1, 0.15) is 6.92 Å². The zero-order chi connectivity index (χ0) is 12.2. The van der Waals surface area contributed by atoms with Crippen molar-refractivity contribution in [2.45, 2.75) is 6.92 Å². The predicted octanol–water partition coefficient (Wildman–Crippen LogP) is 1.03. The highest BCUT2D eigenvalue weighted by molar-refractivity contribution is 7.93.